The van der Waals surface area contributed by atoms with Crippen molar-refractivity contribution < 1.29 is 37.6 Å². The number of imide groups is 2. The highest BCUT2D eigenvalue weighted by molar-refractivity contribution is 6.20. The topological polar surface area (TPSA) is 169 Å². The van der Waals surface area contributed by atoms with Gasteiger partial charge in [0.2, 0.25) is 17.4 Å². The summed E-state index contributed by atoms with van der Waals surface area (Å²) in [6.07, 6.45) is 1.01. The van der Waals surface area contributed by atoms with Crippen molar-refractivity contribution in [3.05, 3.63) is 41.7 Å². The number of hydrogen-bond acceptors (Lipinski definition) is 11. The van der Waals surface area contributed by atoms with Crippen molar-refractivity contribution in [2.75, 3.05) is 23.0 Å². The minimum Gasteiger partial charge on any atom is -0.446 e. The number of halogens is 1. The van der Waals surface area contributed by atoms with E-state index in [1.807, 2.05) is 0 Å². The standard InChI is InChI=1S/C25H22FN7O7/c1-10-8-32-16-12(7-25(18(32)11(2)39-10)21(34)29-23(36)30-22(25)35)6-13-17(15(16)26)40-31-20(13)33-14(9-38-24(33)37)19-27-4-3-5-28-19/h3-6,10-11,14,18H,7-9H2,1-2H3,(H2,29,30,34,35,36)/t10-,11+,14-,18-/m1/s1. The third kappa shape index (κ3) is 3.20. The Morgan fingerprint density at radius 1 is 1.10 bits per heavy atom. The maximum Gasteiger partial charge on any atom is 0.416 e. The van der Waals surface area contributed by atoms with Crippen LogP contribution in [0.2, 0.25) is 0 Å². The third-order valence-corrected chi connectivity index (χ3v) is 7.93. The van der Waals surface area contributed by atoms with E-state index in [1.165, 1.54) is 17.3 Å². The van der Waals surface area contributed by atoms with Crippen LogP contribution >= 0.6 is 0 Å². The molecule has 3 fully saturated rings. The molecule has 3 saturated heterocycles. The van der Waals surface area contributed by atoms with Gasteiger partial charge < -0.3 is 18.9 Å². The maximum absolute atomic E-state index is 16.4. The van der Waals surface area contributed by atoms with E-state index in [0.29, 0.717) is 11.4 Å². The molecule has 4 atom stereocenters. The van der Waals surface area contributed by atoms with Crippen LogP contribution in [0, 0.1) is 11.2 Å². The molecule has 1 aromatic carbocycles. The van der Waals surface area contributed by atoms with Crippen LogP contribution in [0.5, 0.6) is 0 Å². The van der Waals surface area contributed by atoms with Crippen LogP contribution in [-0.4, -0.2) is 70.5 Å². The lowest BCUT2D eigenvalue weighted by atomic mass is 9.66. The van der Waals surface area contributed by atoms with E-state index in [-0.39, 0.29) is 48.2 Å². The van der Waals surface area contributed by atoms with Gasteiger partial charge in [-0.15, -0.1) is 0 Å². The largest absolute Gasteiger partial charge is 0.446 e. The smallest absolute Gasteiger partial charge is 0.416 e. The molecular weight excluding hydrogens is 529 g/mol. The van der Waals surface area contributed by atoms with E-state index in [1.54, 1.807) is 30.9 Å². The molecule has 2 aromatic heterocycles. The number of rotatable bonds is 2. The number of carbonyl (C=O) groups is 4. The molecule has 3 aromatic rings. The van der Waals surface area contributed by atoms with Crippen molar-refractivity contribution in [1.29, 1.82) is 0 Å². The highest BCUT2D eigenvalue weighted by atomic mass is 19.1. The van der Waals surface area contributed by atoms with Crippen molar-refractivity contribution in [2.24, 2.45) is 5.41 Å². The summed E-state index contributed by atoms with van der Waals surface area (Å²) in [5.74, 6) is -2.10. The van der Waals surface area contributed by atoms with Gasteiger partial charge in [-0.1, -0.05) is 5.16 Å². The number of aromatic nitrogens is 3. The van der Waals surface area contributed by atoms with Crippen molar-refractivity contribution in [3.63, 3.8) is 0 Å². The van der Waals surface area contributed by atoms with Gasteiger partial charge in [0.1, 0.15) is 12.6 Å². The lowest BCUT2D eigenvalue weighted by Crippen LogP contribution is -2.75. The van der Waals surface area contributed by atoms with E-state index in [9.17, 15) is 19.2 Å². The molecule has 14 nitrogen and oxygen atoms in total. The Labute approximate surface area is 224 Å². The molecule has 0 bridgehead atoms. The van der Waals surface area contributed by atoms with Crippen molar-refractivity contribution in [1.82, 2.24) is 25.8 Å². The molecule has 1 spiro atoms. The molecule has 0 unspecified atom stereocenters. The Hall–Kier alpha value is -4.66. The van der Waals surface area contributed by atoms with Crippen molar-refractivity contribution >= 4 is 46.4 Å². The second-order valence-corrected chi connectivity index (χ2v) is 10.3. The first-order valence-electron chi connectivity index (χ1n) is 12.6. The molecule has 0 aliphatic carbocycles. The zero-order valence-electron chi connectivity index (χ0n) is 21.2. The molecule has 5 amide bonds. The Kier molecular flexibility index (Phi) is 5.13. The number of benzene rings is 1. The quantitative estimate of drug-likeness (QED) is 0.441. The molecular formula is C25H22FN7O7. The molecule has 40 heavy (non-hydrogen) atoms. The number of cyclic esters (lactones) is 1. The summed E-state index contributed by atoms with van der Waals surface area (Å²) in [5, 5.41) is 8.55. The van der Waals surface area contributed by atoms with Gasteiger partial charge in [0, 0.05) is 25.4 Å². The van der Waals surface area contributed by atoms with E-state index < -0.39 is 53.4 Å². The summed E-state index contributed by atoms with van der Waals surface area (Å²) < 4.78 is 33.0. The monoisotopic (exact) mass is 551 g/mol. The number of nitrogens with zero attached hydrogens (tertiary/aromatic N) is 5. The Morgan fingerprint density at radius 3 is 2.55 bits per heavy atom. The Bertz CT molecular complexity index is 1590. The molecule has 6 heterocycles. The molecule has 0 radical (unpaired) electrons. The van der Waals surface area contributed by atoms with Crippen LogP contribution in [0.3, 0.4) is 0 Å². The van der Waals surface area contributed by atoms with E-state index in [2.05, 4.69) is 25.8 Å². The van der Waals surface area contributed by atoms with Crippen LogP contribution in [0.15, 0.2) is 29.0 Å². The van der Waals surface area contributed by atoms with Gasteiger partial charge in [0.05, 0.1) is 29.3 Å². The zero-order valence-corrected chi connectivity index (χ0v) is 21.2. The third-order valence-electron chi connectivity index (χ3n) is 7.93. The maximum atomic E-state index is 16.4. The fraction of sp³-hybridized carbons (Fsp3) is 0.400. The van der Waals surface area contributed by atoms with Crippen LogP contribution in [-0.2, 0) is 25.5 Å². The number of hydrogen-bond donors (Lipinski definition) is 2. The molecule has 2 N–H and O–H groups in total. The van der Waals surface area contributed by atoms with Gasteiger partial charge >= 0.3 is 12.1 Å². The highest BCUT2D eigenvalue weighted by Crippen LogP contribution is 2.50. The van der Waals surface area contributed by atoms with Gasteiger partial charge in [-0.25, -0.2) is 28.8 Å². The van der Waals surface area contributed by atoms with Crippen molar-refractivity contribution in [2.45, 2.75) is 44.6 Å². The number of carbonyl (C=O) groups excluding carboxylic acids is 4. The van der Waals surface area contributed by atoms with Crippen molar-refractivity contribution in [3.8, 4) is 0 Å². The highest BCUT2D eigenvalue weighted by Gasteiger charge is 2.63. The summed E-state index contributed by atoms with van der Waals surface area (Å²) in [6.45, 7) is 3.59. The second-order valence-electron chi connectivity index (χ2n) is 10.3. The fourth-order valence-electron chi connectivity index (χ4n) is 6.44. The molecule has 4 aliphatic rings. The lowest BCUT2D eigenvalue weighted by Gasteiger charge is -2.55. The van der Waals surface area contributed by atoms with E-state index in [0.717, 1.165) is 0 Å². The Balaban J connectivity index is 1.42. The van der Waals surface area contributed by atoms with Gasteiger partial charge in [-0.05, 0) is 31.5 Å². The first-order chi connectivity index (χ1) is 19.2. The predicted molar refractivity (Wildman–Crippen MR) is 132 cm³/mol. The van der Waals surface area contributed by atoms with E-state index in [4.69, 9.17) is 14.0 Å². The number of fused-ring (bicyclic) bond motifs is 5. The number of nitrogens with one attached hydrogen (secondary N) is 2. The summed E-state index contributed by atoms with van der Waals surface area (Å²) in [4.78, 5) is 62.8. The number of barbiturate groups is 1. The normalized spacial score (nSPS) is 27.4. The molecule has 4 aliphatic heterocycles. The lowest BCUT2D eigenvalue weighted by molar-refractivity contribution is -0.153. The molecule has 7 rings (SSSR count). The van der Waals surface area contributed by atoms with Gasteiger partial charge in [-0.3, -0.25) is 20.2 Å². The predicted octanol–water partition coefficient (Wildman–Crippen LogP) is 1.35. The summed E-state index contributed by atoms with van der Waals surface area (Å²) in [5.41, 5.74) is -1.58. The first-order valence-corrected chi connectivity index (χ1v) is 12.6. The molecule has 206 valence electrons. The molecule has 15 heteroatoms. The van der Waals surface area contributed by atoms with Crippen LogP contribution in [0.4, 0.5) is 25.5 Å². The summed E-state index contributed by atoms with van der Waals surface area (Å²) in [6, 6.07) is 0.569. The average Bonchev–Trinajstić information content (AvgIpc) is 3.50. The van der Waals surface area contributed by atoms with Crippen LogP contribution in [0.25, 0.3) is 11.0 Å². The Morgan fingerprint density at radius 2 is 1.82 bits per heavy atom. The van der Waals surface area contributed by atoms with Crippen LogP contribution < -0.4 is 20.4 Å². The van der Waals surface area contributed by atoms with Gasteiger partial charge in [-0.2, -0.15) is 0 Å². The fourth-order valence-corrected chi connectivity index (χ4v) is 6.44. The summed E-state index contributed by atoms with van der Waals surface area (Å²) >= 11 is 0. The minimum absolute atomic E-state index is 0.0238. The van der Waals surface area contributed by atoms with Gasteiger partial charge in [0.25, 0.3) is 0 Å². The average molecular weight is 551 g/mol. The van der Waals surface area contributed by atoms with Crippen LogP contribution in [0.1, 0.15) is 31.3 Å². The zero-order chi connectivity index (χ0) is 27.9. The number of urea groups is 1. The second kappa shape index (κ2) is 8.42. The SMILES string of the molecule is C[C@@H]1CN2c3c(cc4c(N5C(=O)OC[C@@H]5c5ncccn5)noc4c3F)CC3(C(=O)NC(=O)NC3=O)[C@H]2[C@H](C)O1. The number of ether oxygens (including phenoxy) is 2. The number of morpholine rings is 1. The molecule has 0 saturated carbocycles. The first kappa shape index (κ1) is 24.4. The number of amides is 5. The van der Waals surface area contributed by atoms with E-state index >= 15 is 4.39 Å². The van der Waals surface area contributed by atoms with Gasteiger partial charge in [0.15, 0.2) is 22.9 Å². The summed E-state index contributed by atoms with van der Waals surface area (Å²) in [7, 11) is 0. The number of anilines is 2. The minimum atomic E-state index is -1.80.